The number of carbonyl (C=O) groups excluding carboxylic acids is 1. The van der Waals surface area contributed by atoms with Crippen molar-refractivity contribution in [3.63, 3.8) is 0 Å². The van der Waals surface area contributed by atoms with Gasteiger partial charge in [-0.2, -0.15) is 0 Å². The Labute approximate surface area is 191 Å². The molecule has 174 valence electrons. The number of unbranched alkanes of at least 4 members (excludes halogenated alkanes) is 1. The second-order valence-corrected chi connectivity index (χ2v) is 10.4. The first-order valence-corrected chi connectivity index (χ1v) is 13.2. The molecule has 32 heavy (non-hydrogen) atoms. The molecule has 0 aromatic heterocycles. The molecule has 1 fully saturated rings. The third-order valence-electron chi connectivity index (χ3n) is 5.51. The van der Waals surface area contributed by atoms with Gasteiger partial charge in [-0.05, 0) is 55.2 Å². The summed E-state index contributed by atoms with van der Waals surface area (Å²) in [6.07, 6.45) is 3.37. The average molecular weight is 460 g/mol. The summed E-state index contributed by atoms with van der Waals surface area (Å²) in [6.45, 7) is 5.75. The Balaban J connectivity index is 1.80. The summed E-state index contributed by atoms with van der Waals surface area (Å²) >= 11 is 0. The van der Waals surface area contributed by atoms with Crippen molar-refractivity contribution in [2.45, 2.75) is 52.1 Å². The number of amides is 1. The Morgan fingerprint density at radius 3 is 2.41 bits per heavy atom. The molecular formula is C25H33NO5S. The van der Waals surface area contributed by atoms with Crippen molar-refractivity contribution in [1.29, 1.82) is 0 Å². The standard InChI is InChI=1S/C25H33NO5S/c1-3-5-15-31-24-8-6-7-21(17-24)25(27)26(22-13-16-32(28,29)19-22)18-20-9-11-23(12-10-20)30-14-4-2/h6-12,17,22H,3-5,13-16,18-19H2,1-2H3. The topological polar surface area (TPSA) is 72.9 Å². The lowest BCUT2D eigenvalue weighted by Crippen LogP contribution is -2.40. The lowest BCUT2D eigenvalue weighted by molar-refractivity contribution is 0.0680. The largest absolute Gasteiger partial charge is 0.494 e. The van der Waals surface area contributed by atoms with Crippen LogP contribution >= 0.6 is 0 Å². The third-order valence-corrected chi connectivity index (χ3v) is 7.26. The van der Waals surface area contributed by atoms with E-state index < -0.39 is 9.84 Å². The van der Waals surface area contributed by atoms with Gasteiger partial charge in [0.05, 0.1) is 24.7 Å². The fourth-order valence-corrected chi connectivity index (χ4v) is 5.45. The molecule has 0 saturated carbocycles. The van der Waals surface area contributed by atoms with Crippen LogP contribution in [0.3, 0.4) is 0 Å². The van der Waals surface area contributed by atoms with Gasteiger partial charge in [0.1, 0.15) is 11.5 Å². The zero-order valence-electron chi connectivity index (χ0n) is 19.0. The van der Waals surface area contributed by atoms with Crippen LogP contribution in [-0.2, 0) is 16.4 Å². The van der Waals surface area contributed by atoms with E-state index in [0.717, 1.165) is 30.6 Å². The van der Waals surface area contributed by atoms with Gasteiger partial charge >= 0.3 is 0 Å². The smallest absolute Gasteiger partial charge is 0.254 e. The first kappa shape index (κ1) is 24.1. The molecule has 1 unspecified atom stereocenters. The summed E-state index contributed by atoms with van der Waals surface area (Å²) in [6, 6.07) is 14.4. The number of rotatable bonds is 11. The Morgan fingerprint density at radius 2 is 1.75 bits per heavy atom. The van der Waals surface area contributed by atoms with Gasteiger partial charge in [0, 0.05) is 18.2 Å². The first-order valence-electron chi connectivity index (χ1n) is 11.4. The predicted molar refractivity (Wildman–Crippen MR) is 126 cm³/mol. The summed E-state index contributed by atoms with van der Waals surface area (Å²) in [4.78, 5) is 15.2. The highest BCUT2D eigenvalue weighted by Gasteiger charge is 2.35. The molecule has 1 aliphatic rings. The Hall–Kier alpha value is -2.54. The van der Waals surface area contributed by atoms with Crippen molar-refractivity contribution in [3.8, 4) is 11.5 Å². The molecular weight excluding hydrogens is 426 g/mol. The van der Waals surface area contributed by atoms with E-state index >= 15 is 0 Å². The Morgan fingerprint density at radius 1 is 1.00 bits per heavy atom. The molecule has 0 bridgehead atoms. The highest BCUT2D eigenvalue weighted by Crippen LogP contribution is 2.24. The van der Waals surface area contributed by atoms with Crippen LogP contribution in [0, 0.1) is 0 Å². The second-order valence-electron chi connectivity index (χ2n) is 8.21. The van der Waals surface area contributed by atoms with Crippen LogP contribution in [0.25, 0.3) is 0 Å². The van der Waals surface area contributed by atoms with E-state index in [1.54, 1.807) is 23.1 Å². The number of hydrogen-bond donors (Lipinski definition) is 0. The fraction of sp³-hybridized carbons (Fsp3) is 0.480. The van der Waals surface area contributed by atoms with Crippen LogP contribution in [-0.4, -0.2) is 50.0 Å². The minimum atomic E-state index is -3.13. The zero-order valence-corrected chi connectivity index (χ0v) is 19.8. The minimum Gasteiger partial charge on any atom is -0.494 e. The highest BCUT2D eigenvalue weighted by atomic mass is 32.2. The van der Waals surface area contributed by atoms with Gasteiger partial charge in [-0.25, -0.2) is 8.42 Å². The van der Waals surface area contributed by atoms with E-state index in [1.165, 1.54) is 0 Å². The summed E-state index contributed by atoms with van der Waals surface area (Å²) in [7, 11) is -3.13. The Kier molecular flexibility index (Phi) is 8.56. The SMILES string of the molecule is CCCCOc1cccc(C(=O)N(Cc2ccc(OCCC)cc2)C2CCS(=O)(=O)C2)c1. The predicted octanol–water partition coefficient (Wildman–Crippen LogP) is 4.48. The summed E-state index contributed by atoms with van der Waals surface area (Å²) in [5.41, 5.74) is 1.44. The number of ether oxygens (including phenoxy) is 2. The van der Waals surface area contributed by atoms with Crippen molar-refractivity contribution < 1.29 is 22.7 Å². The normalized spacial score (nSPS) is 17.1. The van der Waals surface area contributed by atoms with E-state index in [4.69, 9.17) is 9.47 Å². The van der Waals surface area contributed by atoms with Gasteiger partial charge in [-0.3, -0.25) is 4.79 Å². The minimum absolute atomic E-state index is 0.00310. The number of benzene rings is 2. The van der Waals surface area contributed by atoms with E-state index in [1.807, 2.05) is 30.3 Å². The highest BCUT2D eigenvalue weighted by molar-refractivity contribution is 7.91. The molecule has 6 nitrogen and oxygen atoms in total. The molecule has 1 heterocycles. The first-order chi connectivity index (χ1) is 15.4. The zero-order chi connectivity index (χ0) is 23.0. The van der Waals surface area contributed by atoms with Crippen molar-refractivity contribution in [3.05, 3.63) is 59.7 Å². The molecule has 3 rings (SSSR count). The molecule has 0 radical (unpaired) electrons. The van der Waals surface area contributed by atoms with Crippen molar-refractivity contribution in [2.75, 3.05) is 24.7 Å². The quantitative estimate of drug-likeness (QED) is 0.463. The number of carbonyl (C=O) groups is 1. The van der Waals surface area contributed by atoms with Crippen LogP contribution < -0.4 is 9.47 Å². The van der Waals surface area contributed by atoms with Crippen molar-refractivity contribution >= 4 is 15.7 Å². The van der Waals surface area contributed by atoms with Crippen molar-refractivity contribution in [1.82, 2.24) is 4.90 Å². The van der Waals surface area contributed by atoms with Crippen LogP contribution in [0.15, 0.2) is 48.5 Å². The van der Waals surface area contributed by atoms with E-state index in [-0.39, 0.29) is 23.5 Å². The van der Waals surface area contributed by atoms with Gasteiger partial charge in [0.25, 0.3) is 5.91 Å². The molecule has 1 atom stereocenters. The number of hydrogen-bond acceptors (Lipinski definition) is 5. The summed E-state index contributed by atoms with van der Waals surface area (Å²) < 4.78 is 35.7. The molecule has 0 spiro atoms. The maximum Gasteiger partial charge on any atom is 0.254 e. The Bertz CT molecular complexity index is 988. The second kappa shape index (κ2) is 11.4. The summed E-state index contributed by atoms with van der Waals surface area (Å²) in [5.74, 6) is 1.38. The van der Waals surface area contributed by atoms with E-state index in [2.05, 4.69) is 13.8 Å². The van der Waals surface area contributed by atoms with Crippen LogP contribution in [0.2, 0.25) is 0 Å². The average Bonchev–Trinajstić information content (AvgIpc) is 3.16. The number of sulfone groups is 1. The van der Waals surface area contributed by atoms with E-state index in [0.29, 0.717) is 37.5 Å². The number of nitrogens with zero attached hydrogens (tertiary/aromatic N) is 1. The van der Waals surface area contributed by atoms with Gasteiger partial charge in [0.15, 0.2) is 9.84 Å². The monoisotopic (exact) mass is 459 g/mol. The fourth-order valence-electron chi connectivity index (χ4n) is 3.71. The molecule has 0 aliphatic carbocycles. The molecule has 2 aromatic rings. The maximum absolute atomic E-state index is 13.5. The molecule has 0 N–H and O–H groups in total. The third kappa shape index (κ3) is 6.73. The van der Waals surface area contributed by atoms with Crippen LogP contribution in [0.4, 0.5) is 0 Å². The van der Waals surface area contributed by atoms with Gasteiger partial charge in [-0.1, -0.05) is 38.5 Å². The van der Waals surface area contributed by atoms with Gasteiger partial charge in [-0.15, -0.1) is 0 Å². The summed E-state index contributed by atoms with van der Waals surface area (Å²) in [5, 5.41) is 0. The lowest BCUT2D eigenvalue weighted by atomic mass is 10.1. The van der Waals surface area contributed by atoms with Crippen molar-refractivity contribution in [2.24, 2.45) is 0 Å². The molecule has 1 saturated heterocycles. The molecule has 7 heteroatoms. The van der Waals surface area contributed by atoms with E-state index in [9.17, 15) is 13.2 Å². The lowest BCUT2D eigenvalue weighted by Gasteiger charge is -2.29. The van der Waals surface area contributed by atoms with Crippen LogP contribution in [0.5, 0.6) is 11.5 Å². The van der Waals surface area contributed by atoms with Gasteiger partial charge in [0.2, 0.25) is 0 Å². The van der Waals surface area contributed by atoms with Crippen LogP contribution in [0.1, 0.15) is 55.5 Å². The molecule has 2 aromatic carbocycles. The molecule has 1 aliphatic heterocycles. The molecule has 1 amide bonds. The maximum atomic E-state index is 13.5. The van der Waals surface area contributed by atoms with Gasteiger partial charge < -0.3 is 14.4 Å².